The number of hydrogen-bond acceptors (Lipinski definition) is 3. The van der Waals surface area contributed by atoms with Gasteiger partial charge in [0.1, 0.15) is 10.8 Å². The first kappa shape index (κ1) is 11.3. The molecule has 0 aromatic carbocycles. The molecule has 1 aromatic rings. The topological polar surface area (TPSA) is 54.9 Å². The van der Waals surface area contributed by atoms with E-state index in [1.807, 2.05) is 6.92 Å². The summed E-state index contributed by atoms with van der Waals surface area (Å²) in [6.07, 6.45) is 6.50. The fourth-order valence-electron chi connectivity index (χ4n) is 1.79. The van der Waals surface area contributed by atoms with Crippen molar-refractivity contribution in [2.45, 2.75) is 32.2 Å². The molecular weight excluding hydrogens is 226 g/mol. The second kappa shape index (κ2) is 4.78. The Morgan fingerprint density at radius 1 is 1.56 bits per heavy atom. The van der Waals surface area contributed by atoms with Crippen molar-refractivity contribution in [3.63, 3.8) is 0 Å². The standard InChI is InChI=1S/C11H14ClN3O/c1-7(8-3-2-4-8)14-11(16)9-5-13-6-10(12)15-9/h5-8H,2-4H2,1H3,(H,14,16). The van der Waals surface area contributed by atoms with Crippen LogP contribution in [0.5, 0.6) is 0 Å². The highest BCUT2D eigenvalue weighted by Gasteiger charge is 2.25. The average molecular weight is 240 g/mol. The zero-order valence-corrected chi connectivity index (χ0v) is 9.87. The molecule has 1 N–H and O–H groups in total. The molecule has 1 aliphatic rings. The normalized spacial score (nSPS) is 17.6. The van der Waals surface area contributed by atoms with Gasteiger partial charge in [-0.2, -0.15) is 0 Å². The molecule has 5 heteroatoms. The van der Waals surface area contributed by atoms with Gasteiger partial charge in [-0.05, 0) is 25.7 Å². The Balaban J connectivity index is 1.96. The summed E-state index contributed by atoms with van der Waals surface area (Å²) < 4.78 is 0. The molecule has 16 heavy (non-hydrogen) atoms. The number of halogens is 1. The molecule has 1 atom stereocenters. The number of nitrogens with zero attached hydrogens (tertiary/aromatic N) is 2. The monoisotopic (exact) mass is 239 g/mol. The third kappa shape index (κ3) is 2.50. The minimum Gasteiger partial charge on any atom is -0.348 e. The third-order valence-corrected chi connectivity index (χ3v) is 3.24. The maximum atomic E-state index is 11.8. The van der Waals surface area contributed by atoms with Gasteiger partial charge < -0.3 is 5.32 Å². The number of carbonyl (C=O) groups is 1. The van der Waals surface area contributed by atoms with Gasteiger partial charge in [-0.15, -0.1) is 0 Å². The van der Waals surface area contributed by atoms with Crippen molar-refractivity contribution in [1.29, 1.82) is 0 Å². The lowest BCUT2D eigenvalue weighted by Crippen LogP contribution is -2.41. The van der Waals surface area contributed by atoms with Crippen LogP contribution in [0.2, 0.25) is 5.15 Å². The van der Waals surface area contributed by atoms with Crippen molar-refractivity contribution in [2.75, 3.05) is 0 Å². The molecule has 1 heterocycles. The maximum absolute atomic E-state index is 11.8. The first-order valence-corrected chi connectivity index (χ1v) is 5.83. The van der Waals surface area contributed by atoms with Crippen LogP contribution in [-0.2, 0) is 0 Å². The summed E-state index contributed by atoms with van der Waals surface area (Å²) >= 11 is 5.67. The van der Waals surface area contributed by atoms with Gasteiger partial charge in [0.15, 0.2) is 0 Å². The Morgan fingerprint density at radius 3 is 2.88 bits per heavy atom. The van der Waals surface area contributed by atoms with Gasteiger partial charge in [0.05, 0.1) is 12.4 Å². The van der Waals surface area contributed by atoms with E-state index in [9.17, 15) is 4.79 Å². The maximum Gasteiger partial charge on any atom is 0.271 e. The molecule has 4 nitrogen and oxygen atoms in total. The van der Waals surface area contributed by atoms with E-state index in [1.54, 1.807) is 0 Å². The summed E-state index contributed by atoms with van der Waals surface area (Å²) in [7, 11) is 0. The smallest absolute Gasteiger partial charge is 0.271 e. The fourth-order valence-corrected chi connectivity index (χ4v) is 1.94. The van der Waals surface area contributed by atoms with E-state index < -0.39 is 0 Å². The van der Waals surface area contributed by atoms with Gasteiger partial charge in [0.25, 0.3) is 5.91 Å². The van der Waals surface area contributed by atoms with Crippen molar-refractivity contribution >= 4 is 17.5 Å². The Bertz CT molecular complexity index is 393. The number of hydrogen-bond donors (Lipinski definition) is 1. The van der Waals surface area contributed by atoms with Crippen LogP contribution in [0.3, 0.4) is 0 Å². The molecule has 1 fully saturated rings. The second-order valence-corrected chi connectivity index (χ2v) is 4.57. The van der Waals surface area contributed by atoms with E-state index in [0.29, 0.717) is 5.92 Å². The molecule has 0 aliphatic heterocycles. The van der Waals surface area contributed by atoms with Crippen molar-refractivity contribution in [2.24, 2.45) is 5.92 Å². The Kier molecular flexibility index (Phi) is 3.39. The summed E-state index contributed by atoms with van der Waals surface area (Å²) in [5, 5.41) is 3.17. The number of carbonyl (C=O) groups excluding carboxylic acids is 1. The highest BCUT2D eigenvalue weighted by atomic mass is 35.5. The predicted octanol–water partition coefficient (Wildman–Crippen LogP) is 2.05. The van der Waals surface area contributed by atoms with Crippen LogP contribution in [0.15, 0.2) is 12.4 Å². The Labute approximate surface area is 99.4 Å². The van der Waals surface area contributed by atoms with Crippen molar-refractivity contribution in [3.8, 4) is 0 Å². The largest absolute Gasteiger partial charge is 0.348 e. The first-order valence-electron chi connectivity index (χ1n) is 5.45. The van der Waals surface area contributed by atoms with Gasteiger partial charge >= 0.3 is 0 Å². The van der Waals surface area contributed by atoms with E-state index in [-0.39, 0.29) is 22.8 Å². The zero-order chi connectivity index (χ0) is 11.5. The van der Waals surface area contributed by atoms with E-state index in [4.69, 9.17) is 11.6 Å². The highest BCUT2D eigenvalue weighted by Crippen LogP contribution is 2.29. The summed E-state index contributed by atoms with van der Waals surface area (Å²) in [5.41, 5.74) is 0.277. The molecule has 1 aromatic heterocycles. The van der Waals surface area contributed by atoms with Crippen LogP contribution in [0, 0.1) is 5.92 Å². The molecule has 0 radical (unpaired) electrons. The summed E-state index contributed by atoms with van der Waals surface area (Å²) in [6, 6.07) is 0.196. The average Bonchev–Trinajstić information content (AvgIpc) is 2.14. The van der Waals surface area contributed by atoms with Crippen LogP contribution in [0.25, 0.3) is 0 Å². The van der Waals surface area contributed by atoms with E-state index in [1.165, 1.54) is 31.7 Å². The van der Waals surface area contributed by atoms with Gasteiger partial charge in [-0.3, -0.25) is 9.78 Å². The van der Waals surface area contributed by atoms with E-state index in [2.05, 4.69) is 15.3 Å². The molecule has 1 unspecified atom stereocenters. The zero-order valence-electron chi connectivity index (χ0n) is 9.11. The third-order valence-electron chi connectivity index (χ3n) is 3.05. The van der Waals surface area contributed by atoms with E-state index >= 15 is 0 Å². The molecule has 0 saturated heterocycles. The molecule has 2 rings (SSSR count). The lowest BCUT2D eigenvalue weighted by Gasteiger charge is -2.31. The van der Waals surface area contributed by atoms with Gasteiger partial charge in [-0.25, -0.2) is 4.98 Å². The van der Waals surface area contributed by atoms with Crippen molar-refractivity contribution in [1.82, 2.24) is 15.3 Å². The molecule has 1 amide bonds. The summed E-state index contributed by atoms with van der Waals surface area (Å²) in [6.45, 7) is 2.03. The fraction of sp³-hybridized carbons (Fsp3) is 0.545. The first-order chi connectivity index (χ1) is 7.66. The van der Waals surface area contributed by atoms with Crippen LogP contribution in [0.1, 0.15) is 36.7 Å². The van der Waals surface area contributed by atoms with Crippen LogP contribution < -0.4 is 5.32 Å². The van der Waals surface area contributed by atoms with Crippen LogP contribution in [-0.4, -0.2) is 21.9 Å². The van der Waals surface area contributed by atoms with Gasteiger partial charge in [-0.1, -0.05) is 18.0 Å². The SMILES string of the molecule is CC(NC(=O)c1cncc(Cl)n1)C1CCC1. The van der Waals surface area contributed by atoms with Gasteiger partial charge in [0.2, 0.25) is 0 Å². The minimum absolute atomic E-state index is 0.196. The van der Waals surface area contributed by atoms with Gasteiger partial charge in [0, 0.05) is 6.04 Å². The molecule has 1 saturated carbocycles. The quantitative estimate of drug-likeness (QED) is 0.878. The lowest BCUT2D eigenvalue weighted by atomic mass is 9.80. The second-order valence-electron chi connectivity index (χ2n) is 4.18. The highest BCUT2D eigenvalue weighted by molar-refractivity contribution is 6.29. The molecule has 0 bridgehead atoms. The molecule has 86 valence electrons. The van der Waals surface area contributed by atoms with Crippen molar-refractivity contribution < 1.29 is 4.79 Å². The number of nitrogens with one attached hydrogen (secondary N) is 1. The number of amides is 1. The Hall–Kier alpha value is -1.16. The summed E-state index contributed by atoms with van der Waals surface area (Å²) in [4.78, 5) is 19.5. The molecule has 1 aliphatic carbocycles. The Morgan fingerprint density at radius 2 is 2.31 bits per heavy atom. The number of rotatable bonds is 3. The van der Waals surface area contributed by atoms with Crippen molar-refractivity contribution in [3.05, 3.63) is 23.2 Å². The molecule has 0 spiro atoms. The predicted molar refractivity (Wildman–Crippen MR) is 61.3 cm³/mol. The molecular formula is C11H14ClN3O. The summed E-state index contributed by atoms with van der Waals surface area (Å²) in [5.74, 6) is 0.408. The van der Waals surface area contributed by atoms with Crippen LogP contribution >= 0.6 is 11.6 Å². The van der Waals surface area contributed by atoms with E-state index in [0.717, 1.165) is 0 Å². The lowest BCUT2D eigenvalue weighted by molar-refractivity contribution is 0.0904. The van der Waals surface area contributed by atoms with Crippen LogP contribution in [0.4, 0.5) is 0 Å². The minimum atomic E-state index is -0.200. The number of aromatic nitrogens is 2.